The van der Waals surface area contributed by atoms with Gasteiger partial charge in [0.1, 0.15) is 11.9 Å². The lowest BCUT2D eigenvalue weighted by Gasteiger charge is -2.35. The Hall–Kier alpha value is -1.47. The normalized spacial score (nSPS) is 23.4. The lowest BCUT2D eigenvalue weighted by Crippen LogP contribution is -2.53. The van der Waals surface area contributed by atoms with Gasteiger partial charge in [-0.2, -0.15) is 4.31 Å². The van der Waals surface area contributed by atoms with E-state index in [-0.39, 0.29) is 16.8 Å². The molecule has 27 heavy (non-hydrogen) atoms. The lowest BCUT2D eigenvalue weighted by molar-refractivity contribution is -0.126. The molecule has 1 saturated heterocycles. The molecular weight excluding hydrogens is 367 g/mol. The van der Waals surface area contributed by atoms with Gasteiger partial charge >= 0.3 is 0 Å². The van der Waals surface area contributed by atoms with E-state index >= 15 is 0 Å². The summed E-state index contributed by atoms with van der Waals surface area (Å²) in [7, 11) is -3.82. The Morgan fingerprint density at radius 2 is 1.52 bits per heavy atom. The molecule has 1 aliphatic heterocycles. The van der Waals surface area contributed by atoms with Gasteiger partial charge in [0.05, 0.1) is 4.90 Å². The van der Waals surface area contributed by atoms with Crippen molar-refractivity contribution in [1.29, 1.82) is 0 Å². The molecule has 1 N–H and O–H groups in total. The standard InChI is InChI=1S/C20H29FN2O3S/c21-16-11-13-18(14-12-16)27(25,26)23-15-7-6-10-19(23)20(24)22-17-8-4-2-1-3-5-9-17/h11-14,17,19H,1-10,15H2,(H,22,24)/t19-/m0/s1. The Morgan fingerprint density at radius 3 is 2.19 bits per heavy atom. The lowest BCUT2D eigenvalue weighted by atomic mass is 9.96. The maximum atomic E-state index is 13.2. The van der Waals surface area contributed by atoms with Crippen molar-refractivity contribution in [3.8, 4) is 0 Å². The van der Waals surface area contributed by atoms with Crippen LogP contribution < -0.4 is 5.32 Å². The zero-order valence-electron chi connectivity index (χ0n) is 15.7. The van der Waals surface area contributed by atoms with Crippen LogP contribution in [0.25, 0.3) is 0 Å². The predicted octanol–water partition coefficient (Wildman–Crippen LogP) is 3.60. The molecule has 0 unspecified atom stereocenters. The fourth-order valence-electron chi connectivity index (χ4n) is 4.09. The molecule has 0 spiro atoms. The Bertz CT molecular complexity index is 728. The highest BCUT2D eigenvalue weighted by molar-refractivity contribution is 7.89. The van der Waals surface area contributed by atoms with Gasteiger partial charge in [-0.1, -0.05) is 38.5 Å². The van der Waals surface area contributed by atoms with Crippen molar-refractivity contribution >= 4 is 15.9 Å². The minimum Gasteiger partial charge on any atom is -0.352 e. The van der Waals surface area contributed by atoms with Gasteiger partial charge in [-0.05, 0) is 49.9 Å². The third kappa shape index (κ3) is 5.08. The van der Waals surface area contributed by atoms with Crippen molar-refractivity contribution in [3.63, 3.8) is 0 Å². The van der Waals surface area contributed by atoms with Crippen molar-refractivity contribution in [1.82, 2.24) is 9.62 Å². The number of hydrogen-bond donors (Lipinski definition) is 1. The summed E-state index contributed by atoms with van der Waals surface area (Å²) < 4.78 is 40.5. The fraction of sp³-hybridized carbons (Fsp3) is 0.650. The molecule has 2 fully saturated rings. The number of amides is 1. The SMILES string of the molecule is O=C(NC1CCCCCCC1)[C@@H]1CCCCN1S(=O)(=O)c1ccc(F)cc1. The Kier molecular flexibility index (Phi) is 6.87. The zero-order chi connectivity index (χ0) is 19.3. The average Bonchev–Trinajstić information content (AvgIpc) is 2.64. The van der Waals surface area contributed by atoms with E-state index in [0.717, 1.165) is 50.7 Å². The van der Waals surface area contributed by atoms with E-state index in [1.807, 2.05) is 0 Å². The maximum absolute atomic E-state index is 13.2. The van der Waals surface area contributed by atoms with E-state index in [4.69, 9.17) is 0 Å². The van der Waals surface area contributed by atoms with Crippen molar-refractivity contribution in [2.75, 3.05) is 6.54 Å². The number of halogens is 1. The van der Waals surface area contributed by atoms with E-state index in [9.17, 15) is 17.6 Å². The van der Waals surface area contributed by atoms with Gasteiger partial charge in [0, 0.05) is 12.6 Å². The molecule has 1 atom stereocenters. The molecule has 0 aromatic heterocycles. The van der Waals surface area contributed by atoms with Crippen molar-refractivity contribution in [2.45, 2.75) is 81.2 Å². The van der Waals surface area contributed by atoms with Gasteiger partial charge in [-0.15, -0.1) is 0 Å². The second-order valence-corrected chi connectivity index (χ2v) is 9.52. The average molecular weight is 397 g/mol. The third-order valence-electron chi connectivity index (χ3n) is 5.63. The summed E-state index contributed by atoms with van der Waals surface area (Å²) in [4.78, 5) is 13.0. The molecule has 1 aromatic carbocycles. The second-order valence-electron chi connectivity index (χ2n) is 7.63. The highest BCUT2D eigenvalue weighted by atomic mass is 32.2. The number of piperidine rings is 1. The first-order chi connectivity index (χ1) is 13.0. The summed E-state index contributed by atoms with van der Waals surface area (Å²) in [5.74, 6) is -0.669. The minimum absolute atomic E-state index is 0.0366. The summed E-state index contributed by atoms with van der Waals surface area (Å²) in [6.45, 7) is 0.322. The molecular formula is C20H29FN2O3S. The van der Waals surface area contributed by atoms with Crippen LogP contribution in [-0.4, -0.2) is 37.3 Å². The smallest absolute Gasteiger partial charge is 0.243 e. The molecule has 1 aromatic rings. The zero-order valence-corrected chi connectivity index (χ0v) is 16.5. The summed E-state index contributed by atoms with van der Waals surface area (Å²) >= 11 is 0. The van der Waals surface area contributed by atoms with Crippen LogP contribution in [0.3, 0.4) is 0 Å². The highest BCUT2D eigenvalue weighted by Gasteiger charge is 2.38. The van der Waals surface area contributed by atoms with Crippen LogP contribution in [0.1, 0.15) is 64.2 Å². The molecule has 2 aliphatic rings. The third-order valence-corrected chi connectivity index (χ3v) is 7.55. The molecule has 0 radical (unpaired) electrons. The van der Waals surface area contributed by atoms with Crippen LogP contribution in [-0.2, 0) is 14.8 Å². The number of hydrogen-bond acceptors (Lipinski definition) is 3. The van der Waals surface area contributed by atoms with Crippen LogP contribution in [0.15, 0.2) is 29.2 Å². The number of sulfonamides is 1. The quantitative estimate of drug-likeness (QED) is 0.846. The molecule has 1 saturated carbocycles. The number of carbonyl (C=O) groups is 1. The van der Waals surface area contributed by atoms with E-state index in [2.05, 4.69) is 5.32 Å². The van der Waals surface area contributed by atoms with Gasteiger partial charge in [-0.3, -0.25) is 4.79 Å². The van der Waals surface area contributed by atoms with Crippen LogP contribution in [0.2, 0.25) is 0 Å². The van der Waals surface area contributed by atoms with Crippen LogP contribution in [0.4, 0.5) is 4.39 Å². The molecule has 7 heteroatoms. The van der Waals surface area contributed by atoms with Crippen LogP contribution in [0.5, 0.6) is 0 Å². The van der Waals surface area contributed by atoms with Crippen LogP contribution in [0, 0.1) is 5.82 Å². The number of nitrogens with one attached hydrogen (secondary N) is 1. The molecule has 3 rings (SSSR count). The number of carbonyl (C=O) groups excluding carboxylic acids is 1. The van der Waals surface area contributed by atoms with Crippen molar-refractivity contribution < 1.29 is 17.6 Å². The number of nitrogens with zero attached hydrogens (tertiary/aromatic N) is 1. The van der Waals surface area contributed by atoms with E-state index < -0.39 is 21.9 Å². The Labute approximate surface area is 161 Å². The predicted molar refractivity (Wildman–Crippen MR) is 102 cm³/mol. The van der Waals surface area contributed by atoms with Gasteiger partial charge < -0.3 is 5.32 Å². The first kappa shape index (κ1) is 20.3. The topological polar surface area (TPSA) is 66.5 Å². The van der Waals surface area contributed by atoms with Gasteiger partial charge in [0.25, 0.3) is 0 Å². The van der Waals surface area contributed by atoms with Gasteiger partial charge in [0.15, 0.2) is 0 Å². The highest BCUT2D eigenvalue weighted by Crippen LogP contribution is 2.26. The second kappa shape index (κ2) is 9.15. The fourth-order valence-corrected chi connectivity index (χ4v) is 5.75. The van der Waals surface area contributed by atoms with E-state index in [0.29, 0.717) is 13.0 Å². The minimum atomic E-state index is -3.82. The molecule has 1 aliphatic carbocycles. The summed E-state index contributed by atoms with van der Waals surface area (Å²) in [5, 5.41) is 3.11. The summed E-state index contributed by atoms with van der Waals surface area (Å²) in [6.07, 6.45) is 9.87. The molecule has 0 bridgehead atoms. The number of rotatable bonds is 4. The molecule has 1 amide bonds. The Balaban J connectivity index is 1.74. The summed E-state index contributed by atoms with van der Waals surface area (Å²) in [5.41, 5.74) is 0. The van der Waals surface area contributed by atoms with Crippen molar-refractivity contribution in [3.05, 3.63) is 30.1 Å². The van der Waals surface area contributed by atoms with E-state index in [1.54, 1.807) is 0 Å². The monoisotopic (exact) mass is 396 g/mol. The molecule has 1 heterocycles. The summed E-state index contributed by atoms with van der Waals surface area (Å²) in [6, 6.07) is 4.27. The molecule has 150 valence electrons. The van der Waals surface area contributed by atoms with Crippen molar-refractivity contribution in [2.24, 2.45) is 0 Å². The molecule has 5 nitrogen and oxygen atoms in total. The van der Waals surface area contributed by atoms with Crippen LogP contribution >= 0.6 is 0 Å². The van der Waals surface area contributed by atoms with Gasteiger partial charge in [-0.25, -0.2) is 12.8 Å². The number of benzene rings is 1. The largest absolute Gasteiger partial charge is 0.352 e. The maximum Gasteiger partial charge on any atom is 0.243 e. The first-order valence-corrected chi connectivity index (χ1v) is 11.5. The first-order valence-electron chi connectivity index (χ1n) is 10.1. The van der Waals surface area contributed by atoms with Gasteiger partial charge in [0.2, 0.25) is 15.9 Å². The Morgan fingerprint density at radius 1 is 0.926 bits per heavy atom. The van der Waals surface area contributed by atoms with E-state index in [1.165, 1.54) is 35.7 Å².